The molecule has 8 heteroatoms. The highest BCUT2D eigenvalue weighted by Gasteiger charge is 2.43. The van der Waals surface area contributed by atoms with Crippen molar-refractivity contribution in [1.29, 1.82) is 0 Å². The lowest BCUT2D eigenvalue weighted by Crippen LogP contribution is -2.39. The van der Waals surface area contributed by atoms with Crippen LogP contribution in [0.5, 0.6) is 0 Å². The van der Waals surface area contributed by atoms with E-state index in [4.69, 9.17) is 0 Å². The number of hydrogen-bond donors (Lipinski definition) is 0. The molecule has 1 aliphatic heterocycles. The number of benzene rings is 2. The highest BCUT2D eigenvalue weighted by molar-refractivity contribution is 7.93. The summed E-state index contributed by atoms with van der Waals surface area (Å²) >= 11 is 0. The van der Waals surface area contributed by atoms with Crippen LogP contribution in [0, 0.1) is 5.82 Å². The first-order valence-corrected chi connectivity index (χ1v) is 12.0. The van der Waals surface area contributed by atoms with Crippen LogP contribution in [0.3, 0.4) is 0 Å². The van der Waals surface area contributed by atoms with Gasteiger partial charge in [-0.1, -0.05) is 24.3 Å². The maximum absolute atomic E-state index is 13.1. The molecule has 28 heavy (non-hydrogen) atoms. The Morgan fingerprint density at radius 2 is 1.39 bits per heavy atom. The van der Waals surface area contributed by atoms with E-state index in [1.165, 1.54) is 28.6 Å². The summed E-state index contributed by atoms with van der Waals surface area (Å²) in [7, 11) is -7.21. The van der Waals surface area contributed by atoms with Crippen molar-refractivity contribution in [1.82, 2.24) is 4.31 Å². The number of sulfonamides is 1. The lowest BCUT2D eigenvalue weighted by Gasteiger charge is -2.24. The fourth-order valence-corrected chi connectivity index (χ4v) is 6.67. The Bertz CT molecular complexity index is 1050. The maximum atomic E-state index is 13.1. The fourth-order valence-electron chi connectivity index (χ4n) is 3.28. The van der Waals surface area contributed by atoms with Crippen LogP contribution in [0.1, 0.15) is 27.2 Å². The lowest BCUT2D eigenvalue weighted by molar-refractivity contribution is 0.475. The lowest BCUT2D eigenvalue weighted by atomic mass is 10.1. The molecule has 0 spiro atoms. The van der Waals surface area contributed by atoms with Gasteiger partial charge in [0.15, 0.2) is 9.84 Å². The molecule has 1 aliphatic rings. The van der Waals surface area contributed by atoms with Crippen LogP contribution in [0.25, 0.3) is 11.1 Å². The first-order chi connectivity index (χ1) is 12.9. The van der Waals surface area contributed by atoms with E-state index in [2.05, 4.69) is 0 Å². The second kappa shape index (κ2) is 7.24. The van der Waals surface area contributed by atoms with Crippen molar-refractivity contribution in [3.63, 3.8) is 0 Å². The predicted molar refractivity (Wildman–Crippen MR) is 108 cm³/mol. The van der Waals surface area contributed by atoms with Gasteiger partial charge in [0.1, 0.15) is 5.82 Å². The third-order valence-electron chi connectivity index (χ3n) is 5.07. The largest absolute Gasteiger partial charge is 0.243 e. The minimum Gasteiger partial charge on any atom is -0.228 e. The van der Waals surface area contributed by atoms with E-state index >= 15 is 0 Å². The van der Waals surface area contributed by atoms with E-state index in [9.17, 15) is 21.2 Å². The molecule has 0 bridgehead atoms. The van der Waals surface area contributed by atoms with Gasteiger partial charge in [0.2, 0.25) is 10.0 Å². The van der Waals surface area contributed by atoms with E-state index < -0.39 is 29.9 Å². The molecule has 1 unspecified atom stereocenters. The first kappa shape index (κ1) is 21.0. The monoisotopic (exact) mass is 425 g/mol. The number of sulfone groups is 1. The second-order valence-electron chi connectivity index (χ2n) is 7.96. The molecule has 0 radical (unpaired) electrons. The van der Waals surface area contributed by atoms with Gasteiger partial charge in [-0.15, -0.1) is 0 Å². The molecule has 0 amide bonds. The third kappa shape index (κ3) is 3.86. The molecule has 0 aromatic heterocycles. The molecule has 0 saturated carbocycles. The van der Waals surface area contributed by atoms with E-state index in [0.717, 1.165) is 11.1 Å². The Kier molecular flexibility index (Phi) is 5.42. The average molecular weight is 426 g/mol. The van der Waals surface area contributed by atoms with Crippen molar-refractivity contribution in [2.24, 2.45) is 0 Å². The Balaban J connectivity index is 1.81. The summed E-state index contributed by atoms with van der Waals surface area (Å²) in [6, 6.07) is 12.3. The SMILES string of the molecule is CC(C)(C)S(=O)(=O)C1CCN(S(=O)(=O)c2ccc(-c3ccc(F)cc3)cc2)C1. The minimum atomic E-state index is -3.77. The third-order valence-corrected chi connectivity index (χ3v) is 9.92. The van der Waals surface area contributed by atoms with Gasteiger partial charge in [0.05, 0.1) is 14.9 Å². The molecule has 2 aromatic rings. The van der Waals surface area contributed by atoms with Crippen LogP contribution in [-0.4, -0.2) is 44.2 Å². The summed E-state index contributed by atoms with van der Waals surface area (Å²) in [5.41, 5.74) is 1.55. The standard InChI is InChI=1S/C20H24FNO4S2/c1-20(2,3)27(23,24)19-12-13-22(14-19)28(25,26)18-10-6-16(7-11-18)15-4-8-17(21)9-5-15/h4-11,19H,12-14H2,1-3H3. The topological polar surface area (TPSA) is 71.5 Å². The zero-order chi connectivity index (χ0) is 20.7. The summed E-state index contributed by atoms with van der Waals surface area (Å²) in [5.74, 6) is -0.336. The van der Waals surface area contributed by atoms with Crippen LogP contribution < -0.4 is 0 Å². The molecule has 3 rings (SSSR count). The highest BCUT2D eigenvalue weighted by Crippen LogP contribution is 2.31. The molecule has 1 fully saturated rings. The summed E-state index contributed by atoms with van der Waals surface area (Å²) in [4.78, 5) is 0.118. The second-order valence-corrected chi connectivity index (χ2v) is 12.9. The Labute approximate surface area is 166 Å². The molecule has 1 atom stereocenters. The zero-order valence-electron chi connectivity index (χ0n) is 16.1. The Morgan fingerprint density at radius 1 is 0.893 bits per heavy atom. The van der Waals surface area contributed by atoms with Crippen molar-refractivity contribution in [3.8, 4) is 11.1 Å². The summed E-state index contributed by atoms with van der Waals surface area (Å²) in [6.07, 6.45) is 0.298. The average Bonchev–Trinajstić information content (AvgIpc) is 3.13. The quantitative estimate of drug-likeness (QED) is 0.752. The van der Waals surface area contributed by atoms with Crippen molar-refractivity contribution in [2.75, 3.05) is 13.1 Å². The molecular weight excluding hydrogens is 401 g/mol. The fraction of sp³-hybridized carbons (Fsp3) is 0.400. The van der Waals surface area contributed by atoms with E-state index in [1.807, 2.05) is 0 Å². The van der Waals surface area contributed by atoms with Crippen molar-refractivity contribution < 1.29 is 21.2 Å². The Hall–Kier alpha value is -1.77. The normalized spacial score (nSPS) is 19.1. The maximum Gasteiger partial charge on any atom is 0.243 e. The van der Waals surface area contributed by atoms with Crippen molar-refractivity contribution >= 4 is 19.9 Å². The van der Waals surface area contributed by atoms with E-state index in [-0.39, 0.29) is 23.8 Å². The molecule has 1 saturated heterocycles. The molecule has 2 aromatic carbocycles. The summed E-state index contributed by atoms with van der Waals surface area (Å²) in [6.45, 7) is 5.05. The highest BCUT2D eigenvalue weighted by atomic mass is 32.2. The van der Waals surface area contributed by atoms with Crippen LogP contribution in [-0.2, 0) is 19.9 Å². The van der Waals surface area contributed by atoms with Crippen LogP contribution in [0.2, 0.25) is 0 Å². The van der Waals surface area contributed by atoms with Gasteiger partial charge in [-0.05, 0) is 62.6 Å². The molecule has 1 heterocycles. The van der Waals surface area contributed by atoms with Gasteiger partial charge >= 0.3 is 0 Å². The van der Waals surface area contributed by atoms with E-state index in [0.29, 0.717) is 6.42 Å². The van der Waals surface area contributed by atoms with Crippen LogP contribution in [0.4, 0.5) is 4.39 Å². The molecule has 5 nitrogen and oxygen atoms in total. The molecule has 0 N–H and O–H groups in total. The molecular formula is C20H24FNO4S2. The molecule has 0 aliphatic carbocycles. The van der Waals surface area contributed by atoms with Gasteiger partial charge < -0.3 is 0 Å². The van der Waals surface area contributed by atoms with Crippen molar-refractivity contribution in [2.45, 2.75) is 42.1 Å². The smallest absolute Gasteiger partial charge is 0.228 e. The molecule has 152 valence electrons. The zero-order valence-corrected chi connectivity index (χ0v) is 17.7. The van der Waals surface area contributed by atoms with Gasteiger partial charge in [0.25, 0.3) is 0 Å². The van der Waals surface area contributed by atoms with Crippen molar-refractivity contribution in [3.05, 3.63) is 54.3 Å². The number of hydrogen-bond acceptors (Lipinski definition) is 4. The summed E-state index contributed by atoms with van der Waals surface area (Å²) in [5, 5.41) is -0.694. The first-order valence-electron chi connectivity index (χ1n) is 9.02. The number of nitrogens with zero attached hydrogens (tertiary/aromatic N) is 1. The van der Waals surface area contributed by atoms with Crippen LogP contribution in [0.15, 0.2) is 53.4 Å². The van der Waals surface area contributed by atoms with E-state index in [1.54, 1.807) is 45.0 Å². The minimum absolute atomic E-state index is 0.0261. The van der Waals surface area contributed by atoms with Gasteiger partial charge in [0, 0.05) is 13.1 Å². The van der Waals surface area contributed by atoms with Gasteiger partial charge in [-0.2, -0.15) is 4.31 Å². The van der Waals surface area contributed by atoms with Crippen LogP contribution >= 0.6 is 0 Å². The van der Waals surface area contributed by atoms with Gasteiger partial charge in [-0.25, -0.2) is 21.2 Å². The van der Waals surface area contributed by atoms with Gasteiger partial charge in [-0.3, -0.25) is 0 Å². The Morgan fingerprint density at radius 3 is 1.89 bits per heavy atom. The number of halogens is 1. The number of rotatable bonds is 4. The predicted octanol–water partition coefficient (Wildman–Crippen LogP) is 3.47. The summed E-state index contributed by atoms with van der Waals surface area (Å²) < 4.78 is 64.5.